The van der Waals surface area contributed by atoms with Crippen molar-refractivity contribution in [1.82, 2.24) is 5.32 Å². The fourth-order valence-electron chi connectivity index (χ4n) is 1.92. The zero-order chi connectivity index (χ0) is 15.1. The van der Waals surface area contributed by atoms with E-state index in [9.17, 15) is 17.6 Å². The van der Waals surface area contributed by atoms with Crippen LogP contribution in [0.1, 0.15) is 30.5 Å². The summed E-state index contributed by atoms with van der Waals surface area (Å²) in [6.45, 7) is 3.26. The Morgan fingerprint density at radius 3 is 2.50 bits per heavy atom. The highest BCUT2D eigenvalue weighted by Gasteiger charge is 2.19. The zero-order valence-electron chi connectivity index (χ0n) is 11.6. The van der Waals surface area contributed by atoms with Gasteiger partial charge < -0.3 is 10.1 Å². The fraction of sp³-hybridized carbons (Fsp3) is 0.571. The van der Waals surface area contributed by atoms with Crippen molar-refractivity contribution in [3.8, 4) is 0 Å². The van der Waals surface area contributed by atoms with Gasteiger partial charge in [-0.25, -0.2) is 17.6 Å². The topological polar surface area (TPSA) is 21.3 Å². The summed E-state index contributed by atoms with van der Waals surface area (Å²) in [7, 11) is 0. The molecule has 1 atom stereocenters. The number of hydrogen-bond donors (Lipinski definition) is 1. The molecule has 2 nitrogen and oxygen atoms in total. The van der Waals surface area contributed by atoms with Gasteiger partial charge in [-0.05, 0) is 25.5 Å². The molecule has 1 aromatic rings. The van der Waals surface area contributed by atoms with Gasteiger partial charge in [0.1, 0.15) is 6.61 Å². The van der Waals surface area contributed by atoms with Gasteiger partial charge in [-0.3, -0.25) is 0 Å². The predicted molar refractivity (Wildman–Crippen MR) is 69.0 cm³/mol. The molecular formula is C14H19F4NO. The van der Waals surface area contributed by atoms with E-state index in [4.69, 9.17) is 4.74 Å². The maximum absolute atomic E-state index is 13.9. The third kappa shape index (κ3) is 4.76. The number of nitrogens with one attached hydrogen (secondary N) is 1. The van der Waals surface area contributed by atoms with Gasteiger partial charge in [-0.1, -0.05) is 19.1 Å². The van der Waals surface area contributed by atoms with E-state index < -0.39 is 30.7 Å². The van der Waals surface area contributed by atoms with Crippen molar-refractivity contribution in [1.29, 1.82) is 0 Å². The van der Waals surface area contributed by atoms with Gasteiger partial charge in [0.2, 0.25) is 0 Å². The Balaban J connectivity index is 2.73. The Kier molecular flexibility index (Phi) is 6.95. The molecule has 0 aromatic heterocycles. The highest BCUT2D eigenvalue weighted by molar-refractivity contribution is 5.27. The van der Waals surface area contributed by atoms with Crippen LogP contribution in [-0.2, 0) is 4.74 Å². The van der Waals surface area contributed by atoms with Crippen LogP contribution in [0.5, 0.6) is 0 Å². The molecule has 0 spiro atoms. The van der Waals surface area contributed by atoms with Gasteiger partial charge in [0.05, 0.1) is 0 Å². The van der Waals surface area contributed by atoms with Gasteiger partial charge in [0.15, 0.2) is 11.6 Å². The molecule has 114 valence electrons. The quantitative estimate of drug-likeness (QED) is 0.584. The Labute approximate surface area is 116 Å². The van der Waals surface area contributed by atoms with Crippen LogP contribution < -0.4 is 5.32 Å². The molecule has 0 radical (unpaired) electrons. The van der Waals surface area contributed by atoms with Crippen LogP contribution in [-0.4, -0.2) is 26.2 Å². The molecule has 1 rings (SSSR count). The van der Waals surface area contributed by atoms with E-state index in [1.807, 2.05) is 6.92 Å². The maximum Gasteiger partial charge on any atom is 0.261 e. The van der Waals surface area contributed by atoms with Gasteiger partial charge in [0.25, 0.3) is 6.43 Å². The normalized spacial score (nSPS) is 12.9. The smallest absolute Gasteiger partial charge is 0.261 e. The Morgan fingerprint density at radius 1 is 1.20 bits per heavy atom. The summed E-state index contributed by atoms with van der Waals surface area (Å²) < 4.78 is 56.1. The summed E-state index contributed by atoms with van der Waals surface area (Å²) >= 11 is 0. The highest BCUT2D eigenvalue weighted by Crippen LogP contribution is 2.24. The van der Waals surface area contributed by atoms with E-state index >= 15 is 0 Å². The first kappa shape index (κ1) is 16.9. The lowest BCUT2D eigenvalue weighted by molar-refractivity contribution is 0.0143. The van der Waals surface area contributed by atoms with E-state index in [2.05, 4.69) is 5.32 Å². The van der Waals surface area contributed by atoms with Crippen LogP contribution >= 0.6 is 0 Å². The summed E-state index contributed by atoms with van der Waals surface area (Å²) in [5, 5.41) is 3.00. The summed E-state index contributed by atoms with van der Waals surface area (Å²) in [6.07, 6.45) is -2.24. The predicted octanol–water partition coefficient (Wildman–Crippen LogP) is 3.60. The van der Waals surface area contributed by atoms with E-state index in [-0.39, 0.29) is 17.7 Å². The molecule has 0 saturated carbocycles. The summed E-state index contributed by atoms with van der Waals surface area (Å²) in [4.78, 5) is 0. The van der Waals surface area contributed by atoms with Crippen molar-refractivity contribution in [3.63, 3.8) is 0 Å². The molecular weight excluding hydrogens is 274 g/mol. The number of hydrogen-bond acceptors (Lipinski definition) is 2. The maximum atomic E-state index is 13.9. The zero-order valence-corrected chi connectivity index (χ0v) is 11.6. The van der Waals surface area contributed by atoms with E-state index in [1.165, 1.54) is 19.1 Å². The monoisotopic (exact) mass is 293 g/mol. The molecule has 0 heterocycles. The van der Waals surface area contributed by atoms with Gasteiger partial charge in [-0.2, -0.15) is 0 Å². The molecule has 0 aliphatic heterocycles. The third-order valence-corrected chi connectivity index (χ3v) is 2.93. The summed E-state index contributed by atoms with van der Waals surface area (Å²) in [5.74, 6) is -1.77. The molecule has 6 heteroatoms. The molecule has 0 bridgehead atoms. The van der Waals surface area contributed by atoms with E-state index in [1.54, 1.807) is 0 Å². The molecule has 20 heavy (non-hydrogen) atoms. The summed E-state index contributed by atoms with van der Waals surface area (Å²) in [6, 6.07) is 2.54. The van der Waals surface area contributed by atoms with Crippen molar-refractivity contribution in [2.24, 2.45) is 0 Å². The molecule has 0 amide bonds. The second-order valence-electron chi connectivity index (χ2n) is 4.46. The van der Waals surface area contributed by atoms with E-state index in [0.717, 1.165) is 0 Å². The first-order valence-electron chi connectivity index (χ1n) is 6.51. The van der Waals surface area contributed by atoms with Crippen molar-refractivity contribution in [2.75, 3.05) is 19.8 Å². The van der Waals surface area contributed by atoms with Gasteiger partial charge in [0, 0.05) is 18.2 Å². The highest BCUT2D eigenvalue weighted by atomic mass is 19.3. The van der Waals surface area contributed by atoms with Crippen LogP contribution in [0, 0.1) is 18.6 Å². The fourth-order valence-corrected chi connectivity index (χ4v) is 1.92. The number of aryl methyl sites for hydroxylation is 1. The van der Waals surface area contributed by atoms with Crippen molar-refractivity contribution in [2.45, 2.75) is 32.7 Å². The van der Waals surface area contributed by atoms with E-state index in [0.29, 0.717) is 13.0 Å². The lowest BCUT2D eigenvalue weighted by Crippen LogP contribution is -2.24. The molecule has 1 unspecified atom stereocenters. The average Bonchev–Trinajstić information content (AvgIpc) is 2.40. The molecule has 1 aromatic carbocycles. The lowest BCUT2D eigenvalue weighted by Gasteiger charge is -2.19. The molecule has 1 N–H and O–H groups in total. The van der Waals surface area contributed by atoms with Crippen molar-refractivity contribution >= 4 is 0 Å². The molecule has 0 aliphatic rings. The van der Waals surface area contributed by atoms with Gasteiger partial charge >= 0.3 is 0 Å². The minimum Gasteiger partial charge on any atom is -0.375 e. The number of rotatable bonds is 8. The van der Waals surface area contributed by atoms with Crippen LogP contribution in [0.3, 0.4) is 0 Å². The Bertz CT molecular complexity index is 426. The third-order valence-electron chi connectivity index (χ3n) is 2.93. The van der Waals surface area contributed by atoms with Crippen LogP contribution in [0.25, 0.3) is 0 Å². The minimum absolute atomic E-state index is 0.0525. The minimum atomic E-state index is -2.53. The largest absolute Gasteiger partial charge is 0.375 e. The van der Waals surface area contributed by atoms with Crippen LogP contribution in [0.4, 0.5) is 17.6 Å². The number of alkyl halides is 2. The molecule has 0 fully saturated rings. The molecule has 0 saturated heterocycles. The number of halogens is 4. The Morgan fingerprint density at radius 2 is 1.90 bits per heavy atom. The summed E-state index contributed by atoms with van der Waals surface area (Å²) in [5.41, 5.74) is 0.422. The standard InChI is InChI=1S/C14H19F4NO/c1-3-19-11(6-7-20-8-12(15)16)10-5-4-9(2)13(17)14(10)18/h4-5,11-12,19H,3,6-8H2,1-2H3. The van der Waals surface area contributed by atoms with Crippen LogP contribution in [0.2, 0.25) is 0 Å². The SMILES string of the molecule is CCNC(CCOCC(F)F)c1ccc(C)c(F)c1F. The average molecular weight is 293 g/mol. The second kappa shape index (κ2) is 8.21. The van der Waals surface area contributed by atoms with Crippen molar-refractivity contribution in [3.05, 3.63) is 34.9 Å². The first-order chi connectivity index (χ1) is 9.47. The van der Waals surface area contributed by atoms with Gasteiger partial charge in [-0.15, -0.1) is 0 Å². The lowest BCUT2D eigenvalue weighted by atomic mass is 10.0. The molecule has 0 aliphatic carbocycles. The Hall–Kier alpha value is -1.14. The first-order valence-corrected chi connectivity index (χ1v) is 6.51. The second-order valence-corrected chi connectivity index (χ2v) is 4.46. The van der Waals surface area contributed by atoms with Crippen LogP contribution in [0.15, 0.2) is 12.1 Å². The van der Waals surface area contributed by atoms with Crippen molar-refractivity contribution < 1.29 is 22.3 Å². The number of ether oxygens (including phenoxy) is 1. The number of benzene rings is 1.